The van der Waals surface area contributed by atoms with Crippen LogP contribution in [0.15, 0.2) is 54.7 Å². The van der Waals surface area contributed by atoms with E-state index in [0.29, 0.717) is 16.7 Å². The number of aromatic nitrogens is 2. The second kappa shape index (κ2) is 7.29. The first-order chi connectivity index (χ1) is 14.2. The van der Waals surface area contributed by atoms with Gasteiger partial charge in [-0.15, -0.1) is 0 Å². The summed E-state index contributed by atoms with van der Waals surface area (Å²) in [5.41, 5.74) is 3.27. The van der Waals surface area contributed by atoms with Gasteiger partial charge in [0, 0.05) is 54.2 Å². The summed E-state index contributed by atoms with van der Waals surface area (Å²) in [4.78, 5) is 17.5. The van der Waals surface area contributed by atoms with Crippen LogP contribution in [-0.4, -0.2) is 35.0 Å². The number of rotatable bonds is 4. The van der Waals surface area contributed by atoms with E-state index in [1.165, 1.54) is 12.1 Å². The van der Waals surface area contributed by atoms with Crippen LogP contribution < -0.4 is 10.1 Å². The molecule has 0 saturated heterocycles. The van der Waals surface area contributed by atoms with E-state index in [1.807, 2.05) is 18.2 Å². The van der Waals surface area contributed by atoms with Gasteiger partial charge >= 0.3 is 0 Å². The third kappa shape index (κ3) is 3.06. The number of Topliss-reactive ketones (excluding diaryl/α,β-unsaturated/α-hetero) is 1. The number of hydrogen-bond acceptors (Lipinski definition) is 4. The van der Waals surface area contributed by atoms with Crippen molar-refractivity contribution >= 4 is 27.6 Å². The first-order valence-corrected chi connectivity index (χ1v) is 9.74. The average Bonchev–Trinajstić information content (AvgIpc) is 2.88. The fourth-order valence-electron chi connectivity index (χ4n) is 4.15. The van der Waals surface area contributed by atoms with E-state index in [4.69, 9.17) is 4.74 Å². The molecule has 3 heterocycles. The highest BCUT2D eigenvalue weighted by atomic mass is 19.1. The Hall–Kier alpha value is -3.25. The second-order valence-corrected chi connectivity index (χ2v) is 7.15. The SMILES string of the molecule is O=C(COc1ccc(F)c2cccnc12)c1c2n(c3ccccc13)CCNCC2. The summed E-state index contributed by atoms with van der Waals surface area (Å²) in [5, 5.41) is 4.73. The van der Waals surface area contributed by atoms with E-state index in [9.17, 15) is 9.18 Å². The Kier molecular flexibility index (Phi) is 4.48. The van der Waals surface area contributed by atoms with Crippen LogP contribution in [0.4, 0.5) is 4.39 Å². The van der Waals surface area contributed by atoms with Crippen LogP contribution in [0.3, 0.4) is 0 Å². The lowest BCUT2D eigenvalue weighted by Gasteiger charge is -2.10. The molecule has 29 heavy (non-hydrogen) atoms. The van der Waals surface area contributed by atoms with Gasteiger partial charge < -0.3 is 14.6 Å². The molecular weight excluding hydrogens is 369 g/mol. The van der Waals surface area contributed by atoms with E-state index in [1.54, 1.807) is 18.3 Å². The van der Waals surface area contributed by atoms with Gasteiger partial charge in [0.25, 0.3) is 0 Å². The lowest BCUT2D eigenvalue weighted by atomic mass is 10.1. The maximum absolute atomic E-state index is 14.0. The molecule has 0 aliphatic carbocycles. The topological polar surface area (TPSA) is 56.1 Å². The number of para-hydroxylation sites is 1. The van der Waals surface area contributed by atoms with Gasteiger partial charge in [-0.25, -0.2) is 4.39 Å². The molecule has 1 N–H and O–H groups in total. The summed E-state index contributed by atoms with van der Waals surface area (Å²) in [6, 6.07) is 14.2. The minimum atomic E-state index is -0.358. The molecule has 0 radical (unpaired) electrons. The van der Waals surface area contributed by atoms with Crippen molar-refractivity contribution in [2.75, 3.05) is 19.7 Å². The number of nitrogens with zero attached hydrogens (tertiary/aromatic N) is 2. The summed E-state index contributed by atoms with van der Waals surface area (Å²) in [6.07, 6.45) is 2.38. The predicted molar refractivity (Wildman–Crippen MR) is 110 cm³/mol. The number of carbonyl (C=O) groups is 1. The van der Waals surface area contributed by atoms with Gasteiger partial charge in [-0.3, -0.25) is 9.78 Å². The van der Waals surface area contributed by atoms with Crippen LogP contribution in [0.5, 0.6) is 5.75 Å². The van der Waals surface area contributed by atoms with Gasteiger partial charge in [0.2, 0.25) is 5.78 Å². The van der Waals surface area contributed by atoms with Gasteiger partial charge in [0.15, 0.2) is 6.61 Å². The van der Waals surface area contributed by atoms with Crippen molar-refractivity contribution in [1.29, 1.82) is 0 Å². The Balaban J connectivity index is 1.50. The number of pyridine rings is 1. The number of halogens is 1. The smallest absolute Gasteiger partial charge is 0.202 e. The number of fused-ring (bicyclic) bond motifs is 4. The Morgan fingerprint density at radius 1 is 1.10 bits per heavy atom. The number of nitrogens with one attached hydrogen (secondary N) is 1. The molecule has 4 aromatic rings. The van der Waals surface area contributed by atoms with Crippen LogP contribution in [0.1, 0.15) is 16.1 Å². The molecule has 2 aromatic carbocycles. The molecule has 146 valence electrons. The van der Waals surface area contributed by atoms with Crippen molar-refractivity contribution in [3.63, 3.8) is 0 Å². The van der Waals surface area contributed by atoms with Crippen LogP contribution in [0.25, 0.3) is 21.8 Å². The van der Waals surface area contributed by atoms with E-state index in [2.05, 4.69) is 20.9 Å². The zero-order chi connectivity index (χ0) is 19.8. The molecule has 0 fully saturated rings. The van der Waals surface area contributed by atoms with E-state index < -0.39 is 0 Å². The fraction of sp³-hybridized carbons (Fsp3) is 0.217. The van der Waals surface area contributed by atoms with Crippen molar-refractivity contribution < 1.29 is 13.9 Å². The Labute approximate surface area is 167 Å². The molecule has 0 bridgehead atoms. The maximum Gasteiger partial charge on any atom is 0.202 e. The molecule has 1 aliphatic rings. The highest BCUT2D eigenvalue weighted by Gasteiger charge is 2.23. The van der Waals surface area contributed by atoms with Crippen LogP contribution in [-0.2, 0) is 13.0 Å². The lowest BCUT2D eigenvalue weighted by molar-refractivity contribution is 0.0923. The first kappa shape index (κ1) is 17.8. The van der Waals surface area contributed by atoms with Gasteiger partial charge in [-0.05, 0) is 30.3 Å². The molecule has 6 heteroatoms. The highest BCUT2D eigenvalue weighted by molar-refractivity contribution is 6.10. The molecule has 0 spiro atoms. The molecule has 0 unspecified atom stereocenters. The summed E-state index contributed by atoms with van der Waals surface area (Å²) < 4.78 is 22.1. The van der Waals surface area contributed by atoms with E-state index >= 15 is 0 Å². The van der Waals surface area contributed by atoms with E-state index in [0.717, 1.165) is 48.2 Å². The van der Waals surface area contributed by atoms with Crippen LogP contribution >= 0.6 is 0 Å². The molecule has 0 atom stereocenters. The molecule has 5 nitrogen and oxygen atoms in total. The zero-order valence-corrected chi connectivity index (χ0v) is 15.8. The number of carbonyl (C=O) groups excluding carboxylic acids is 1. The second-order valence-electron chi connectivity index (χ2n) is 7.15. The summed E-state index contributed by atoms with van der Waals surface area (Å²) in [5.74, 6) is -0.0279. The van der Waals surface area contributed by atoms with Crippen LogP contribution in [0.2, 0.25) is 0 Å². The number of ether oxygens (including phenoxy) is 1. The van der Waals surface area contributed by atoms with Gasteiger partial charge in [-0.1, -0.05) is 18.2 Å². The van der Waals surface area contributed by atoms with Gasteiger partial charge in [0.05, 0.1) is 5.56 Å². The summed E-state index contributed by atoms with van der Waals surface area (Å²) in [7, 11) is 0. The van der Waals surface area contributed by atoms with Crippen molar-refractivity contribution in [3.8, 4) is 5.75 Å². The monoisotopic (exact) mass is 389 g/mol. The predicted octanol–water partition coefficient (Wildman–Crippen LogP) is 3.74. The summed E-state index contributed by atoms with van der Waals surface area (Å²) in [6.45, 7) is 2.43. The highest BCUT2D eigenvalue weighted by Crippen LogP contribution is 2.29. The molecule has 0 saturated carbocycles. The Morgan fingerprint density at radius 3 is 2.90 bits per heavy atom. The summed E-state index contributed by atoms with van der Waals surface area (Å²) >= 11 is 0. The average molecular weight is 389 g/mol. The lowest BCUT2D eigenvalue weighted by Crippen LogP contribution is -2.18. The van der Waals surface area contributed by atoms with Gasteiger partial charge in [-0.2, -0.15) is 0 Å². The number of hydrogen-bond donors (Lipinski definition) is 1. The fourth-order valence-corrected chi connectivity index (χ4v) is 4.15. The van der Waals surface area contributed by atoms with Crippen molar-refractivity contribution in [2.45, 2.75) is 13.0 Å². The molecule has 1 aliphatic heterocycles. The molecular formula is C23H20FN3O2. The normalized spacial score (nSPS) is 14.0. The standard InChI is InChI=1S/C23H20FN3O2/c24-17-7-8-21(23-15(17)5-3-10-26-23)29-14-20(28)22-16-4-1-2-6-18(16)27-13-12-25-11-9-19(22)27/h1-8,10,25H,9,11-14H2. The minimum Gasteiger partial charge on any atom is -0.483 e. The molecule has 5 rings (SSSR count). The molecule has 2 aromatic heterocycles. The Morgan fingerprint density at radius 2 is 1.97 bits per heavy atom. The minimum absolute atomic E-state index is 0.0785. The van der Waals surface area contributed by atoms with Crippen molar-refractivity contribution in [1.82, 2.24) is 14.9 Å². The number of ketones is 1. The number of benzene rings is 2. The van der Waals surface area contributed by atoms with E-state index in [-0.39, 0.29) is 18.2 Å². The van der Waals surface area contributed by atoms with Crippen LogP contribution in [0, 0.1) is 5.82 Å². The quantitative estimate of drug-likeness (QED) is 0.541. The van der Waals surface area contributed by atoms with Crippen molar-refractivity contribution in [2.24, 2.45) is 0 Å². The maximum atomic E-state index is 14.0. The van der Waals surface area contributed by atoms with Gasteiger partial charge in [0.1, 0.15) is 17.1 Å². The third-order valence-corrected chi connectivity index (χ3v) is 5.45. The molecule has 0 amide bonds. The first-order valence-electron chi connectivity index (χ1n) is 9.74. The largest absolute Gasteiger partial charge is 0.483 e. The third-order valence-electron chi connectivity index (χ3n) is 5.45. The Bertz CT molecular complexity index is 1230. The zero-order valence-electron chi connectivity index (χ0n) is 15.8. The van der Waals surface area contributed by atoms with Crippen molar-refractivity contribution in [3.05, 3.63) is 71.8 Å².